The fourth-order valence-electron chi connectivity index (χ4n) is 1.12. The van der Waals surface area contributed by atoms with Crippen molar-refractivity contribution >= 4 is 38.5 Å². The van der Waals surface area contributed by atoms with Gasteiger partial charge in [0.05, 0.1) is 4.32 Å². The van der Waals surface area contributed by atoms with Crippen LogP contribution in [-0.4, -0.2) is 15.2 Å². The summed E-state index contributed by atoms with van der Waals surface area (Å²) in [5, 5.41) is 0.169. The highest BCUT2D eigenvalue weighted by Gasteiger charge is 2.23. The molecule has 0 unspecified atom stereocenters. The third-order valence-corrected chi connectivity index (χ3v) is 3.89. The van der Waals surface area contributed by atoms with Gasteiger partial charge in [0.2, 0.25) is 5.12 Å². The minimum Gasteiger partial charge on any atom is -0.399 e. The number of carbonyl (C=O) groups is 1. The van der Waals surface area contributed by atoms with Crippen LogP contribution in [0.15, 0.2) is 24.3 Å². The van der Waals surface area contributed by atoms with Crippen LogP contribution >= 0.6 is 27.7 Å². The quantitative estimate of drug-likeness (QED) is 0.686. The van der Waals surface area contributed by atoms with Gasteiger partial charge in [0, 0.05) is 11.4 Å². The van der Waals surface area contributed by atoms with Crippen LogP contribution in [-0.2, 0) is 11.2 Å². The maximum absolute atomic E-state index is 11.6. The molecular weight excluding hydrogens is 286 g/mol. The Kier molecular flexibility index (Phi) is 4.87. The number of hydrogen-bond acceptors (Lipinski definition) is 3. The lowest BCUT2D eigenvalue weighted by molar-refractivity contribution is -0.112. The van der Waals surface area contributed by atoms with E-state index in [9.17, 15) is 4.79 Å². The van der Waals surface area contributed by atoms with E-state index in [1.54, 1.807) is 0 Å². The number of aryl methyl sites for hydroxylation is 1. The first-order valence-electron chi connectivity index (χ1n) is 5.10. The van der Waals surface area contributed by atoms with E-state index in [2.05, 4.69) is 15.9 Å². The molecule has 1 aromatic rings. The lowest BCUT2D eigenvalue weighted by Crippen LogP contribution is -2.21. The molecule has 0 radical (unpaired) electrons. The molecule has 0 fully saturated rings. The Labute approximate surface area is 109 Å². The number of anilines is 1. The first-order valence-corrected chi connectivity index (χ1v) is 6.88. The summed E-state index contributed by atoms with van der Waals surface area (Å²) in [6.45, 7) is 3.73. The summed E-state index contributed by atoms with van der Waals surface area (Å²) < 4.78 is -0.432. The first kappa shape index (κ1) is 13.6. The second-order valence-corrected chi connectivity index (χ2v) is 7.15. The van der Waals surface area contributed by atoms with Gasteiger partial charge >= 0.3 is 0 Å². The topological polar surface area (TPSA) is 43.1 Å². The molecule has 0 amide bonds. The molecule has 0 aliphatic heterocycles. The molecule has 2 nitrogen and oxygen atoms in total. The largest absolute Gasteiger partial charge is 0.399 e. The molecule has 0 aromatic heterocycles. The zero-order valence-electron chi connectivity index (χ0n) is 9.50. The second-order valence-electron chi connectivity index (χ2n) is 4.10. The van der Waals surface area contributed by atoms with Crippen LogP contribution in [0.1, 0.15) is 19.4 Å². The Morgan fingerprint density at radius 1 is 1.38 bits per heavy atom. The molecule has 0 saturated heterocycles. The molecule has 0 aliphatic rings. The van der Waals surface area contributed by atoms with Crippen molar-refractivity contribution in [3.8, 4) is 0 Å². The molecule has 2 N–H and O–H groups in total. The van der Waals surface area contributed by atoms with Gasteiger partial charge in [0.15, 0.2) is 0 Å². The lowest BCUT2D eigenvalue weighted by atomic mass is 10.2. The minimum absolute atomic E-state index is 0.169. The number of hydrogen-bond donors (Lipinski definition) is 1. The number of benzene rings is 1. The average molecular weight is 302 g/mol. The van der Waals surface area contributed by atoms with Gasteiger partial charge < -0.3 is 5.73 Å². The number of nitrogens with two attached hydrogens (primary N) is 1. The minimum atomic E-state index is -0.432. The van der Waals surface area contributed by atoms with Gasteiger partial charge in [0.1, 0.15) is 0 Å². The summed E-state index contributed by atoms with van der Waals surface area (Å²) in [4.78, 5) is 11.6. The Morgan fingerprint density at radius 3 is 2.44 bits per heavy atom. The maximum atomic E-state index is 11.6. The van der Waals surface area contributed by atoms with Crippen molar-refractivity contribution in [2.24, 2.45) is 0 Å². The van der Waals surface area contributed by atoms with E-state index in [1.165, 1.54) is 17.3 Å². The van der Waals surface area contributed by atoms with Crippen LogP contribution in [0.2, 0.25) is 0 Å². The van der Waals surface area contributed by atoms with Crippen LogP contribution in [0.25, 0.3) is 0 Å². The molecule has 0 atom stereocenters. The molecule has 1 aromatic carbocycles. The standard InChI is InChI=1S/C12H16BrNOS/c1-12(2,13)11(15)16-8-7-9-3-5-10(14)6-4-9/h3-6H,7-8,14H2,1-2H3. The van der Waals surface area contributed by atoms with Crippen molar-refractivity contribution in [1.29, 1.82) is 0 Å². The fourth-order valence-corrected chi connectivity index (χ4v) is 2.33. The van der Waals surface area contributed by atoms with E-state index in [-0.39, 0.29) is 5.12 Å². The van der Waals surface area contributed by atoms with Gasteiger partial charge in [-0.2, -0.15) is 0 Å². The highest BCUT2D eigenvalue weighted by Crippen LogP contribution is 2.24. The van der Waals surface area contributed by atoms with Gasteiger partial charge in [-0.1, -0.05) is 39.8 Å². The number of carbonyl (C=O) groups excluding carboxylic acids is 1. The fraction of sp³-hybridized carbons (Fsp3) is 0.417. The molecule has 88 valence electrons. The van der Waals surface area contributed by atoms with Gasteiger partial charge in [0.25, 0.3) is 0 Å². The highest BCUT2D eigenvalue weighted by atomic mass is 79.9. The molecule has 0 bridgehead atoms. The van der Waals surface area contributed by atoms with E-state index >= 15 is 0 Å². The molecule has 4 heteroatoms. The average Bonchev–Trinajstić information content (AvgIpc) is 2.19. The van der Waals surface area contributed by atoms with Crippen LogP contribution < -0.4 is 5.73 Å². The Hall–Kier alpha value is -0.480. The molecule has 0 saturated carbocycles. The van der Waals surface area contributed by atoms with Crippen molar-refractivity contribution in [3.63, 3.8) is 0 Å². The second kappa shape index (κ2) is 5.73. The molecular formula is C12H16BrNOS. The maximum Gasteiger partial charge on any atom is 0.205 e. The van der Waals surface area contributed by atoms with Crippen molar-refractivity contribution in [2.75, 3.05) is 11.5 Å². The van der Waals surface area contributed by atoms with Gasteiger partial charge in [-0.25, -0.2) is 0 Å². The zero-order chi connectivity index (χ0) is 12.2. The van der Waals surface area contributed by atoms with Gasteiger partial charge in [-0.05, 0) is 38.0 Å². The lowest BCUT2D eigenvalue weighted by Gasteiger charge is -2.13. The van der Waals surface area contributed by atoms with Crippen LogP contribution in [0.4, 0.5) is 5.69 Å². The van der Waals surface area contributed by atoms with Crippen LogP contribution in [0.3, 0.4) is 0 Å². The highest BCUT2D eigenvalue weighted by molar-refractivity contribution is 9.10. The number of rotatable bonds is 4. The van der Waals surface area contributed by atoms with E-state index in [4.69, 9.17) is 5.73 Å². The summed E-state index contributed by atoms with van der Waals surface area (Å²) in [6, 6.07) is 7.77. The van der Waals surface area contributed by atoms with E-state index < -0.39 is 4.32 Å². The smallest absolute Gasteiger partial charge is 0.205 e. The predicted molar refractivity (Wildman–Crippen MR) is 75.0 cm³/mol. The third-order valence-electron chi connectivity index (χ3n) is 2.09. The number of halogens is 1. The number of thioether (sulfide) groups is 1. The van der Waals surface area contributed by atoms with Crippen molar-refractivity contribution in [2.45, 2.75) is 24.6 Å². The number of alkyl halides is 1. The SMILES string of the molecule is CC(C)(Br)C(=O)SCCc1ccc(N)cc1. The molecule has 0 spiro atoms. The van der Waals surface area contributed by atoms with Crippen LogP contribution in [0.5, 0.6) is 0 Å². The zero-order valence-corrected chi connectivity index (χ0v) is 11.9. The van der Waals surface area contributed by atoms with Crippen LogP contribution in [0, 0.1) is 0 Å². The summed E-state index contributed by atoms with van der Waals surface area (Å²) >= 11 is 4.72. The Bertz CT molecular complexity index is 356. The first-order chi connectivity index (χ1) is 7.39. The molecule has 0 heterocycles. The number of nitrogen functional groups attached to an aromatic ring is 1. The van der Waals surface area contributed by atoms with E-state index in [0.29, 0.717) is 0 Å². The summed E-state index contributed by atoms with van der Waals surface area (Å²) in [5.41, 5.74) is 7.58. The monoisotopic (exact) mass is 301 g/mol. The van der Waals surface area contributed by atoms with E-state index in [0.717, 1.165) is 17.9 Å². The van der Waals surface area contributed by atoms with Crippen molar-refractivity contribution in [1.82, 2.24) is 0 Å². The Morgan fingerprint density at radius 2 is 1.94 bits per heavy atom. The summed E-state index contributed by atoms with van der Waals surface area (Å²) in [6.07, 6.45) is 0.889. The van der Waals surface area contributed by atoms with Gasteiger partial charge in [-0.3, -0.25) is 4.79 Å². The normalized spacial score (nSPS) is 11.4. The molecule has 16 heavy (non-hydrogen) atoms. The summed E-state index contributed by atoms with van der Waals surface area (Å²) in [5.74, 6) is 0.803. The predicted octanol–water partition coefficient (Wildman–Crippen LogP) is 3.24. The summed E-state index contributed by atoms with van der Waals surface area (Å²) in [7, 11) is 0. The molecule has 0 aliphatic carbocycles. The van der Waals surface area contributed by atoms with E-state index in [1.807, 2.05) is 38.1 Å². The Balaban J connectivity index is 2.36. The van der Waals surface area contributed by atoms with Gasteiger partial charge in [-0.15, -0.1) is 0 Å². The van der Waals surface area contributed by atoms with Crippen molar-refractivity contribution in [3.05, 3.63) is 29.8 Å². The van der Waals surface area contributed by atoms with Crippen molar-refractivity contribution < 1.29 is 4.79 Å². The molecule has 1 rings (SSSR count). The third kappa shape index (κ3) is 4.58.